The van der Waals surface area contributed by atoms with Crippen molar-refractivity contribution in [1.29, 1.82) is 0 Å². The first-order chi connectivity index (χ1) is 13.7. The molecule has 1 fully saturated rings. The Morgan fingerprint density at radius 2 is 1.54 bits per heavy atom. The summed E-state index contributed by atoms with van der Waals surface area (Å²) in [4.78, 5) is 0. The summed E-state index contributed by atoms with van der Waals surface area (Å²) >= 11 is 0. The van der Waals surface area contributed by atoms with Gasteiger partial charge in [-0.3, -0.25) is 0 Å². The van der Waals surface area contributed by atoms with E-state index in [0.29, 0.717) is 12.5 Å². The first kappa shape index (κ1) is 22.7. The van der Waals surface area contributed by atoms with Crippen LogP contribution in [0.3, 0.4) is 0 Å². The number of hydrogen-bond acceptors (Lipinski definition) is 2. The molecule has 0 unspecified atom stereocenters. The quantitative estimate of drug-likeness (QED) is 0.270. The summed E-state index contributed by atoms with van der Waals surface area (Å²) in [5.74, 6) is -0.590. The predicted molar refractivity (Wildman–Crippen MR) is 111 cm³/mol. The van der Waals surface area contributed by atoms with Crippen LogP contribution >= 0.6 is 0 Å². The molecule has 4 heteroatoms. The maximum atomic E-state index is 14.1. The van der Waals surface area contributed by atoms with Gasteiger partial charge in [0.25, 0.3) is 0 Å². The van der Waals surface area contributed by atoms with E-state index in [9.17, 15) is 8.78 Å². The molecule has 0 spiro atoms. The Balaban J connectivity index is 1.72. The molecule has 1 aliphatic carbocycles. The summed E-state index contributed by atoms with van der Waals surface area (Å²) < 4.78 is 38.9. The molecule has 2 nitrogen and oxygen atoms in total. The van der Waals surface area contributed by atoms with E-state index in [1.165, 1.54) is 63.5 Å². The van der Waals surface area contributed by atoms with Gasteiger partial charge < -0.3 is 9.47 Å². The third kappa shape index (κ3) is 7.44. The van der Waals surface area contributed by atoms with Crippen LogP contribution in [0.25, 0.3) is 0 Å². The Bertz CT molecular complexity index is 593. The molecule has 0 saturated heterocycles. The first-order valence-electron chi connectivity index (χ1n) is 11.1. The zero-order chi connectivity index (χ0) is 20.2. The second-order valence-electron chi connectivity index (χ2n) is 7.91. The van der Waals surface area contributed by atoms with Gasteiger partial charge >= 0.3 is 0 Å². The lowest BCUT2D eigenvalue weighted by Gasteiger charge is -2.26. The molecule has 1 aromatic carbocycles. The maximum Gasteiger partial charge on any atom is 0.204 e. The topological polar surface area (TPSA) is 18.5 Å². The van der Waals surface area contributed by atoms with E-state index in [4.69, 9.17) is 9.47 Å². The molecule has 0 aliphatic heterocycles. The zero-order valence-electron chi connectivity index (χ0n) is 17.5. The van der Waals surface area contributed by atoms with Gasteiger partial charge in [0, 0.05) is 0 Å². The minimum atomic E-state index is -0.977. The molecule has 0 bridgehead atoms. The Labute approximate surface area is 169 Å². The van der Waals surface area contributed by atoms with E-state index >= 15 is 0 Å². The summed E-state index contributed by atoms with van der Waals surface area (Å²) in [6.45, 7) is 4.91. The molecular weight excluding hydrogens is 358 g/mol. The maximum absolute atomic E-state index is 14.1. The fraction of sp³-hybridized carbons (Fsp3) is 0.667. The Morgan fingerprint density at radius 3 is 2.18 bits per heavy atom. The Kier molecular flexibility index (Phi) is 10.4. The molecule has 1 aliphatic rings. The molecule has 0 amide bonds. The lowest BCUT2D eigenvalue weighted by molar-refractivity contribution is 0.279. The molecule has 28 heavy (non-hydrogen) atoms. The molecule has 158 valence electrons. The van der Waals surface area contributed by atoms with E-state index in [-0.39, 0.29) is 18.1 Å². The lowest BCUT2D eigenvalue weighted by atomic mass is 9.79. The van der Waals surface area contributed by atoms with Crippen LogP contribution in [0.4, 0.5) is 8.78 Å². The van der Waals surface area contributed by atoms with Crippen LogP contribution in [0.5, 0.6) is 11.5 Å². The van der Waals surface area contributed by atoms with Gasteiger partial charge in [0.2, 0.25) is 11.6 Å². The van der Waals surface area contributed by atoms with Crippen molar-refractivity contribution < 1.29 is 18.3 Å². The minimum Gasteiger partial charge on any atom is -0.490 e. The van der Waals surface area contributed by atoms with E-state index in [0.717, 1.165) is 18.8 Å². The summed E-state index contributed by atoms with van der Waals surface area (Å²) in [5.41, 5.74) is 0. The van der Waals surface area contributed by atoms with Gasteiger partial charge in [0.05, 0.1) is 6.61 Å². The molecule has 1 saturated carbocycles. The fourth-order valence-electron chi connectivity index (χ4n) is 3.80. The summed E-state index contributed by atoms with van der Waals surface area (Å²) in [7, 11) is 0. The number of benzene rings is 1. The van der Waals surface area contributed by atoms with Gasteiger partial charge in [0.1, 0.15) is 6.61 Å². The molecular formula is C24H36F2O2. The van der Waals surface area contributed by atoms with Crippen LogP contribution in [0.1, 0.15) is 78.1 Å². The van der Waals surface area contributed by atoms with E-state index < -0.39 is 11.6 Å². The van der Waals surface area contributed by atoms with Crippen molar-refractivity contribution in [1.82, 2.24) is 0 Å². The largest absolute Gasteiger partial charge is 0.490 e. The van der Waals surface area contributed by atoms with Crippen molar-refractivity contribution in [3.63, 3.8) is 0 Å². The van der Waals surface area contributed by atoms with Gasteiger partial charge in [0.15, 0.2) is 11.5 Å². The number of ether oxygens (including phenoxy) is 2. The first-order valence-corrected chi connectivity index (χ1v) is 11.1. The van der Waals surface area contributed by atoms with Gasteiger partial charge in [-0.05, 0) is 56.1 Å². The number of hydrogen-bond donors (Lipinski definition) is 0. The number of unbranched alkanes of at least 4 members (excludes halogenated alkanes) is 3. The number of allylic oxidation sites excluding steroid dienone is 1. The van der Waals surface area contributed by atoms with Gasteiger partial charge in [-0.1, -0.05) is 58.1 Å². The predicted octanol–water partition coefficient (Wildman–Crippen LogP) is 7.47. The highest BCUT2D eigenvalue weighted by Gasteiger charge is 2.19. The third-order valence-corrected chi connectivity index (χ3v) is 5.62. The average Bonchev–Trinajstić information content (AvgIpc) is 2.71. The summed E-state index contributed by atoms with van der Waals surface area (Å²) in [6.07, 6.45) is 16.3. The summed E-state index contributed by atoms with van der Waals surface area (Å²) in [6, 6.07) is 2.88. The van der Waals surface area contributed by atoms with Gasteiger partial charge in [-0.15, -0.1) is 0 Å². The molecule has 0 radical (unpaired) electrons. The average molecular weight is 395 g/mol. The monoisotopic (exact) mass is 394 g/mol. The van der Waals surface area contributed by atoms with Crippen molar-refractivity contribution >= 4 is 0 Å². The van der Waals surface area contributed by atoms with Crippen molar-refractivity contribution in [3.8, 4) is 11.5 Å². The number of halogens is 2. The van der Waals surface area contributed by atoms with Crippen molar-refractivity contribution in [2.45, 2.75) is 78.1 Å². The normalized spacial score (nSPS) is 19.9. The van der Waals surface area contributed by atoms with E-state index in [2.05, 4.69) is 13.0 Å². The summed E-state index contributed by atoms with van der Waals surface area (Å²) in [5, 5.41) is 0. The van der Waals surface area contributed by atoms with Crippen molar-refractivity contribution in [2.75, 3.05) is 13.2 Å². The van der Waals surface area contributed by atoms with Crippen molar-refractivity contribution in [3.05, 3.63) is 35.9 Å². The minimum absolute atomic E-state index is 0.0514. The van der Waals surface area contributed by atoms with Crippen LogP contribution in [-0.2, 0) is 0 Å². The van der Waals surface area contributed by atoms with Crippen LogP contribution in [-0.4, -0.2) is 13.2 Å². The number of rotatable bonds is 12. The highest BCUT2D eigenvalue weighted by atomic mass is 19.2. The smallest absolute Gasteiger partial charge is 0.204 e. The zero-order valence-corrected chi connectivity index (χ0v) is 17.5. The van der Waals surface area contributed by atoms with Gasteiger partial charge in [-0.25, -0.2) is 0 Å². The Morgan fingerprint density at radius 1 is 0.893 bits per heavy atom. The van der Waals surface area contributed by atoms with Crippen LogP contribution in [0.2, 0.25) is 0 Å². The van der Waals surface area contributed by atoms with Crippen LogP contribution < -0.4 is 9.47 Å². The Hall–Kier alpha value is -1.58. The molecule has 0 atom stereocenters. The molecule has 0 N–H and O–H groups in total. The standard InChI is InChI=1S/C24H36F2O2/c1-3-5-7-9-19-11-13-20(14-12-19)10-8-18-28-22-16-15-21(23(25)24(22)26)27-17-6-4-2/h8,10,15-16,19-20H,3-7,9,11-14,17-18H2,1-2H3/b10-8+/t19-,20-. The highest BCUT2D eigenvalue weighted by Crippen LogP contribution is 2.33. The third-order valence-electron chi connectivity index (χ3n) is 5.62. The van der Waals surface area contributed by atoms with Gasteiger partial charge in [-0.2, -0.15) is 8.78 Å². The second-order valence-corrected chi connectivity index (χ2v) is 7.91. The molecule has 0 aromatic heterocycles. The molecule has 0 heterocycles. The second kappa shape index (κ2) is 12.8. The lowest BCUT2D eigenvalue weighted by Crippen LogP contribution is -2.13. The molecule has 2 rings (SSSR count). The van der Waals surface area contributed by atoms with E-state index in [1.807, 2.05) is 13.0 Å². The van der Waals surface area contributed by atoms with E-state index in [1.54, 1.807) is 0 Å². The molecule has 1 aromatic rings. The fourth-order valence-corrected chi connectivity index (χ4v) is 3.80. The highest BCUT2D eigenvalue weighted by molar-refractivity contribution is 5.35. The SMILES string of the molecule is CCCCC[C@H]1CC[C@H](/C=C/COc2ccc(OCCCC)c(F)c2F)CC1. The van der Waals surface area contributed by atoms with Crippen LogP contribution in [0.15, 0.2) is 24.3 Å². The van der Waals surface area contributed by atoms with Crippen molar-refractivity contribution in [2.24, 2.45) is 11.8 Å². The van der Waals surface area contributed by atoms with Crippen LogP contribution in [0, 0.1) is 23.5 Å².